The molecule has 1 saturated heterocycles. The summed E-state index contributed by atoms with van der Waals surface area (Å²) >= 11 is 0. The first-order valence-corrected chi connectivity index (χ1v) is 26.7. The second kappa shape index (κ2) is 43.2. The van der Waals surface area contributed by atoms with Gasteiger partial charge in [-0.3, -0.25) is 4.79 Å². The molecule has 0 spiro atoms. The van der Waals surface area contributed by atoms with Gasteiger partial charge in [0.2, 0.25) is 5.91 Å². The van der Waals surface area contributed by atoms with Crippen LogP contribution in [0.1, 0.15) is 245 Å². The zero-order valence-corrected chi connectivity index (χ0v) is 40.7. The lowest BCUT2D eigenvalue weighted by Gasteiger charge is -2.40. The van der Waals surface area contributed by atoms with Gasteiger partial charge in [0.15, 0.2) is 6.29 Å². The van der Waals surface area contributed by atoms with Crippen molar-refractivity contribution in [3.05, 3.63) is 24.3 Å². The summed E-state index contributed by atoms with van der Waals surface area (Å²) in [6, 6.07) is -0.980. The second-order valence-electron chi connectivity index (χ2n) is 18.8. The highest BCUT2D eigenvalue weighted by Crippen LogP contribution is 2.23. The van der Waals surface area contributed by atoms with Gasteiger partial charge in [0.25, 0.3) is 0 Å². The first-order chi connectivity index (χ1) is 30.8. The van der Waals surface area contributed by atoms with E-state index >= 15 is 0 Å². The Morgan fingerprint density at radius 2 is 0.921 bits per heavy atom. The number of carbonyl (C=O) groups excluding carboxylic acids is 1. The minimum Gasteiger partial charge on any atom is -0.394 e. The lowest BCUT2D eigenvalue weighted by Crippen LogP contribution is -2.60. The molecule has 10 heteroatoms. The molecule has 63 heavy (non-hydrogen) atoms. The molecule has 1 fully saturated rings. The third-order valence-electron chi connectivity index (χ3n) is 12.9. The third kappa shape index (κ3) is 32.9. The maximum Gasteiger partial charge on any atom is 0.249 e. The maximum absolute atomic E-state index is 13.1. The van der Waals surface area contributed by atoms with Crippen LogP contribution in [-0.2, 0) is 14.3 Å². The Labute approximate surface area is 386 Å². The van der Waals surface area contributed by atoms with Crippen LogP contribution in [0.25, 0.3) is 0 Å². The minimum atomic E-state index is -1.61. The number of carbonyl (C=O) groups is 1. The Balaban J connectivity index is 2.31. The molecule has 1 rings (SSSR count). The molecule has 0 aromatic heterocycles. The summed E-state index contributed by atoms with van der Waals surface area (Å²) in [4.78, 5) is 13.1. The summed E-state index contributed by atoms with van der Waals surface area (Å²) < 4.78 is 11.2. The molecular formula is C53H101NO9. The molecule has 0 saturated carbocycles. The molecule has 1 aliphatic heterocycles. The Morgan fingerprint density at radius 3 is 1.33 bits per heavy atom. The van der Waals surface area contributed by atoms with Crippen LogP contribution < -0.4 is 5.32 Å². The van der Waals surface area contributed by atoms with E-state index in [1.807, 2.05) is 6.08 Å². The molecule has 1 aliphatic rings. The highest BCUT2D eigenvalue weighted by atomic mass is 16.7. The molecule has 0 aliphatic carbocycles. The van der Waals surface area contributed by atoms with Gasteiger partial charge in [0.05, 0.1) is 25.4 Å². The molecule has 8 unspecified atom stereocenters. The monoisotopic (exact) mass is 896 g/mol. The van der Waals surface area contributed by atoms with Crippen LogP contribution >= 0.6 is 0 Å². The fraction of sp³-hybridized carbons (Fsp3) is 0.906. The number of unbranched alkanes of at least 4 members (excludes halogenated alkanes) is 32. The number of ether oxygens (including phenoxy) is 2. The highest BCUT2D eigenvalue weighted by molar-refractivity contribution is 5.80. The predicted octanol–water partition coefficient (Wildman–Crippen LogP) is 11.2. The average molecular weight is 896 g/mol. The first-order valence-electron chi connectivity index (χ1n) is 26.7. The summed E-state index contributed by atoms with van der Waals surface area (Å²) in [6.07, 6.45) is 42.7. The topological polar surface area (TPSA) is 169 Å². The molecular weight excluding hydrogens is 795 g/mol. The summed E-state index contributed by atoms with van der Waals surface area (Å²) in [5, 5.41) is 64.9. The van der Waals surface area contributed by atoms with Crippen molar-refractivity contribution in [3.8, 4) is 0 Å². The van der Waals surface area contributed by atoms with E-state index in [4.69, 9.17) is 9.47 Å². The molecule has 0 radical (unpaired) electrons. The standard InChI is InChI=1S/C53H101NO9/c1-3-5-7-9-11-13-15-17-19-20-21-22-23-24-25-26-28-30-32-34-36-38-40-42-47(57)52(61)54-45(44-62-53-51(60)50(59)49(58)48(43-55)63-53)46(56)41-39-37-35-33-31-29-27-18-16-14-12-10-8-6-4-2/h24-25,39,41,45-51,53,55-60H,3-23,26-38,40,42-44H2,1-2H3,(H,54,61)/b25-24-,41-39+. The van der Waals surface area contributed by atoms with Crippen molar-refractivity contribution in [1.29, 1.82) is 0 Å². The Hall–Kier alpha value is -1.37. The number of hydrogen-bond acceptors (Lipinski definition) is 9. The zero-order chi connectivity index (χ0) is 46.0. The lowest BCUT2D eigenvalue weighted by atomic mass is 9.99. The van der Waals surface area contributed by atoms with Crippen LogP contribution in [0.5, 0.6) is 0 Å². The van der Waals surface area contributed by atoms with E-state index in [-0.39, 0.29) is 6.61 Å². The van der Waals surface area contributed by atoms with Crippen LogP contribution in [-0.4, -0.2) is 98.7 Å². The molecule has 372 valence electrons. The van der Waals surface area contributed by atoms with Crippen molar-refractivity contribution in [2.45, 2.75) is 294 Å². The van der Waals surface area contributed by atoms with Gasteiger partial charge in [-0.1, -0.05) is 224 Å². The lowest BCUT2D eigenvalue weighted by molar-refractivity contribution is -0.302. The van der Waals surface area contributed by atoms with E-state index < -0.39 is 61.5 Å². The summed E-state index contributed by atoms with van der Waals surface area (Å²) in [6.45, 7) is 3.63. The maximum atomic E-state index is 13.1. The van der Waals surface area contributed by atoms with E-state index in [1.54, 1.807) is 6.08 Å². The van der Waals surface area contributed by atoms with Crippen molar-refractivity contribution in [2.24, 2.45) is 0 Å². The number of aliphatic hydroxyl groups excluding tert-OH is 6. The van der Waals surface area contributed by atoms with Crippen LogP contribution in [0.3, 0.4) is 0 Å². The van der Waals surface area contributed by atoms with Gasteiger partial charge < -0.3 is 45.4 Å². The largest absolute Gasteiger partial charge is 0.394 e. The van der Waals surface area contributed by atoms with E-state index in [1.165, 1.54) is 173 Å². The van der Waals surface area contributed by atoms with Crippen molar-refractivity contribution >= 4 is 5.91 Å². The van der Waals surface area contributed by atoms with Gasteiger partial charge in [-0.05, 0) is 44.9 Å². The fourth-order valence-electron chi connectivity index (χ4n) is 8.51. The summed E-state index contributed by atoms with van der Waals surface area (Å²) in [5.74, 6) is -0.617. The van der Waals surface area contributed by atoms with Gasteiger partial charge >= 0.3 is 0 Å². The highest BCUT2D eigenvalue weighted by Gasteiger charge is 2.44. The number of aliphatic hydroxyl groups is 6. The average Bonchev–Trinajstić information content (AvgIpc) is 3.28. The van der Waals surface area contributed by atoms with E-state index in [9.17, 15) is 35.4 Å². The molecule has 0 aromatic rings. The number of rotatable bonds is 45. The van der Waals surface area contributed by atoms with Crippen molar-refractivity contribution in [2.75, 3.05) is 13.2 Å². The smallest absolute Gasteiger partial charge is 0.249 e. The Bertz CT molecular complexity index is 1060. The zero-order valence-electron chi connectivity index (χ0n) is 40.7. The van der Waals surface area contributed by atoms with Gasteiger partial charge in [-0.25, -0.2) is 0 Å². The van der Waals surface area contributed by atoms with Gasteiger partial charge in [-0.15, -0.1) is 0 Å². The fourth-order valence-corrected chi connectivity index (χ4v) is 8.51. The Morgan fingerprint density at radius 1 is 0.540 bits per heavy atom. The molecule has 7 N–H and O–H groups in total. The van der Waals surface area contributed by atoms with E-state index in [2.05, 4.69) is 31.3 Å². The Kier molecular flexibility index (Phi) is 40.9. The van der Waals surface area contributed by atoms with Crippen molar-refractivity contribution in [3.63, 3.8) is 0 Å². The van der Waals surface area contributed by atoms with Crippen molar-refractivity contribution < 1.29 is 44.9 Å². The SMILES string of the molecule is CCCCCCCCCCCCCC/C=C\CCCCCCCCCC(O)C(=O)NC(COC1OC(CO)C(O)C(O)C1O)C(O)/C=C/CCCCCCCCCCCCCCC. The molecule has 10 nitrogen and oxygen atoms in total. The minimum absolute atomic E-state index is 0.305. The molecule has 8 atom stereocenters. The van der Waals surface area contributed by atoms with Gasteiger partial charge in [0.1, 0.15) is 30.5 Å². The summed E-state index contributed by atoms with van der Waals surface area (Å²) in [5.41, 5.74) is 0. The van der Waals surface area contributed by atoms with Crippen LogP contribution in [0.2, 0.25) is 0 Å². The number of amides is 1. The third-order valence-corrected chi connectivity index (χ3v) is 12.9. The van der Waals surface area contributed by atoms with Crippen LogP contribution in [0, 0.1) is 0 Å². The number of hydrogen-bond donors (Lipinski definition) is 7. The molecule has 0 aromatic carbocycles. The van der Waals surface area contributed by atoms with Crippen LogP contribution in [0.15, 0.2) is 24.3 Å². The van der Waals surface area contributed by atoms with E-state index in [0.717, 1.165) is 44.9 Å². The van der Waals surface area contributed by atoms with Crippen molar-refractivity contribution in [1.82, 2.24) is 5.32 Å². The van der Waals surface area contributed by atoms with Gasteiger partial charge in [0, 0.05) is 0 Å². The van der Waals surface area contributed by atoms with Crippen LogP contribution in [0.4, 0.5) is 0 Å². The number of nitrogens with one attached hydrogen (secondary N) is 1. The first kappa shape index (κ1) is 59.6. The quantitative estimate of drug-likeness (QED) is 0.0232. The summed E-state index contributed by atoms with van der Waals surface area (Å²) in [7, 11) is 0. The molecule has 0 bridgehead atoms. The predicted molar refractivity (Wildman–Crippen MR) is 260 cm³/mol. The van der Waals surface area contributed by atoms with Gasteiger partial charge in [-0.2, -0.15) is 0 Å². The molecule has 1 heterocycles. The molecule has 1 amide bonds. The van der Waals surface area contributed by atoms with E-state index in [0.29, 0.717) is 12.8 Å². The second-order valence-corrected chi connectivity index (χ2v) is 18.8. The normalized spacial score (nSPS) is 20.8. The number of allylic oxidation sites excluding steroid dienone is 3.